The Balaban J connectivity index is 1.11. The maximum Gasteiger partial charge on any atom is 0.179 e. The molecule has 3 aromatic carbocycles. The highest BCUT2D eigenvalue weighted by Crippen LogP contribution is 2.38. The Morgan fingerprint density at radius 1 is 1.09 bits per heavy atom. The van der Waals surface area contributed by atoms with Gasteiger partial charge in [-0.15, -0.1) is 0 Å². The van der Waals surface area contributed by atoms with Crippen molar-refractivity contribution in [3.63, 3.8) is 0 Å². The number of hydrogen-bond donors (Lipinski definition) is 4. The Hall–Kier alpha value is -4.54. The van der Waals surface area contributed by atoms with Gasteiger partial charge in [-0.3, -0.25) is 4.79 Å². The van der Waals surface area contributed by atoms with E-state index in [4.69, 9.17) is 21.1 Å². The number of carbonyl (C=O) groups excluding carboxylic acids is 1. The third-order valence-electron chi connectivity index (χ3n) is 8.49. The molecule has 1 aliphatic rings. The minimum absolute atomic E-state index is 0.0890. The standard InChI is InChI=1S/C35H43FN6O3/c1-4-30(43)35-34(27-20-25(36)10-13-29(27)40-35)28(37)22-42(38)21-23-14-17-41(18-15-23)19-16-39-26-11-8-24(9-12-26)33-31(44-2)6-5-7-32(33)45-3/h5-13,20,22-23,39-40H,4,14-19,21,37-38H2,1-3H3/b28-22-. The highest BCUT2D eigenvalue weighted by atomic mass is 19.1. The summed E-state index contributed by atoms with van der Waals surface area (Å²) in [5, 5.41) is 5.70. The van der Waals surface area contributed by atoms with Gasteiger partial charge in [0, 0.05) is 54.4 Å². The zero-order chi connectivity index (χ0) is 31.9. The quantitative estimate of drug-likeness (QED) is 0.0842. The van der Waals surface area contributed by atoms with Crippen molar-refractivity contribution in [1.29, 1.82) is 0 Å². The lowest BCUT2D eigenvalue weighted by Gasteiger charge is -2.33. The number of nitrogens with zero attached hydrogens (tertiary/aromatic N) is 2. The fourth-order valence-electron chi connectivity index (χ4n) is 6.09. The Bertz CT molecular complexity index is 1620. The number of carbonyl (C=O) groups is 1. The van der Waals surface area contributed by atoms with Crippen molar-refractivity contribution >= 4 is 28.1 Å². The number of rotatable bonds is 13. The highest BCUT2D eigenvalue weighted by Gasteiger charge is 2.22. The van der Waals surface area contributed by atoms with Crippen LogP contribution in [-0.4, -0.2) is 67.6 Å². The molecular weight excluding hydrogens is 571 g/mol. The van der Waals surface area contributed by atoms with Gasteiger partial charge in [0.1, 0.15) is 17.3 Å². The molecule has 10 heteroatoms. The first kappa shape index (κ1) is 31.9. The Labute approximate surface area is 263 Å². The maximum atomic E-state index is 14.0. The van der Waals surface area contributed by atoms with Crippen molar-refractivity contribution < 1.29 is 18.7 Å². The van der Waals surface area contributed by atoms with Crippen molar-refractivity contribution in [3.8, 4) is 22.6 Å². The average Bonchev–Trinajstić information content (AvgIpc) is 3.44. The van der Waals surface area contributed by atoms with E-state index in [0.29, 0.717) is 46.7 Å². The van der Waals surface area contributed by atoms with E-state index >= 15 is 0 Å². The predicted octanol–water partition coefficient (Wildman–Crippen LogP) is 5.84. The monoisotopic (exact) mass is 614 g/mol. The molecule has 0 radical (unpaired) electrons. The van der Waals surface area contributed by atoms with Crippen molar-refractivity contribution in [1.82, 2.24) is 14.9 Å². The summed E-state index contributed by atoms with van der Waals surface area (Å²) in [6, 6.07) is 18.5. The van der Waals surface area contributed by atoms with Gasteiger partial charge in [-0.1, -0.05) is 25.1 Å². The number of hydrogen-bond acceptors (Lipinski definition) is 8. The van der Waals surface area contributed by atoms with E-state index < -0.39 is 0 Å². The van der Waals surface area contributed by atoms with Crippen LogP contribution in [0.1, 0.15) is 42.2 Å². The van der Waals surface area contributed by atoms with Crippen LogP contribution in [0.4, 0.5) is 10.1 Å². The molecule has 0 atom stereocenters. The van der Waals surface area contributed by atoms with E-state index in [1.165, 1.54) is 12.1 Å². The van der Waals surface area contributed by atoms with Crippen molar-refractivity contribution in [2.24, 2.45) is 17.5 Å². The maximum absolute atomic E-state index is 14.0. The highest BCUT2D eigenvalue weighted by molar-refractivity contribution is 6.07. The molecule has 0 aliphatic carbocycles. The number of Topliss-reactive ketones (excluding diaryl/α,β-unsaturated/α-hetero) is 1. The summed E-state index contributed by atoms with van der Waals surface area (Å²) in [6.07, 6.45) is 4.01. The second kappa shape index (κ2) is 14.5. The zero-order valence-corrected chi connectivity index (χ0v) is 26.2. The largest absolute Gasteiger partial charge is 0.496 e. The second-order valence-corrected chi connectivity index (χ2v) is 11.4. The molecule has 0 spiro atoms. The Kier molecular flexibility index (Phi) is 10.3. The number of likely N-dealkylation sites (tertiary alicyclic amines) is 1. The number of fused-ring (bicyclic) bond motifs is 1. The van der Waals surface area contributed by atoms with Crippen LogP contribution >= 0.6 is 0 Å². The van der Waals surface area contributed by atoms with Crippen LogP contribution in [0.3, 0.4) is 0 Å². The summed E-state index contributed by atoms with van der Waals surface area (Å²) in [5.74, 6) is 7.87. The molecule has 2 heterocycles. The van der Waals surface area contributed by atoms with Gasteiger partial charge in [-0.25, -0.2) is 10.2 Å². The van der Waals surface area contributed by atoms with Crippen LogP contribution in [0.25, 0.3) is 27.7 Å². The lowest BCUT2D eigenvalue weighted by Crippen LogP contribution is -2.41. The number of ketones is 1. The number of methoxy groups -OCH3 is 2. The summed E-state index contributed by atoms with van der Waals surface area (Å²) in [6.45, 7) is 6.19. The number of ether oxygens (including phenoxy) is 2. The number of benzene rings is 3. The number of aromatic nitrogens is 1. The number of piperidine rings is 1. The molecule has 4 aromatic rings. The minimum atomic E-state index is -0.388. The van der Waals surface area contributed by atoms with Gasteiger partial charge < -0.3 is 35.4 Å². The van der Waals surface area contributed by atoms with E-state index in [1.807, 2.05) is 18.2 Å². The van der Waals surface area contributed by atoms with Gasteiger partial charge in [0.15, 0.2) is 5.78 Å². The zero-order valence-electron chi connectivity index (χ0n) is 26.2. The van der Waals surface area contributed by atoms with Gasteiger partial charge in [0.25, 0.3) is 0 Å². The van der Waals surface area contributed by atoms with E-state index in [1.54, 1.807) is 38.4 Å². The van der Waals surface area contributed by atoms with Crippen LogP contribution in [0.15, 0.2) is 66.9 Å². The summed E-state index contributed by atoms with van der Waals surface area (Å²) in [5.41, 5.74) is 11.4. The molecule has 0 saturated carbocycles. The molecule has 238 valence electrons. The first-order valence-electron chi connectivity index (χ1n) is 15.4. The van der Waals surface area contributed by atoms with Crippen molar-refractivity contribution in [3.05, 3.63) is 83.9 Å². The van der Waals surface area contributed by atoms with Gasteiger partial charge >= 0.3 is 0 Å². The van der Waals surface area contributed by atoms with Gasteiger partial charge in [0.05, 0.1) is 31.2 Å². The average molecular weight is 615 g/mol. The lowest BCUT2D eigenvalue weighted by atomic mass is 9.96. The van der Waals surface area contributed by atoms with Crippen LogP contribution < -0.4 is 26.4 Å². The smallest absolute Gasteiger partial charge is 0.179 e. The number of hydrazine groups is 1. The molecular formula is C35H43FN6O3. The SMILES string of the molecule is CCC(=O)c1[nH]c2ccc(F)cc2c1/C(N)=C/N(N)CC1CCN(CCNc2ccc(-c3c(OC)cccc3OC)cc2)CC1. The van der Waals surface area contributed by atoms with Crippen LogP contribution in [0.2, 0.25) is 0 Å². The molecule has 0 unspecified atom stereocenters. The molecule has 0 amide bonds. The molecule has 5 rings (SSSR count). The predicted molar refractivity (Wildman–Crippen MR) is 179 cm³/mol. The fraction of sp³-hybridized carbons (Fsp3) is 0.343. The lowest BCUT2D eigenvalue weighted by molar-refractivity contribution is 0.0984. The van der Waals surface area contributed by atoms with E-state index in [9.17, 15) is 9.18 Å². The van der Waals surface area contributed by atoms with Crippen LogP contribution in [0, 0.1) is 11.7 Å². The summed E-state index contributed by atoms with van der Waals surface area (Å²) < 4.78 is 25.2. The third-order valence-corrected chi connectivity index (χ3v) is 8.49. The number of anilines is 1. The summed E-state index contributed by atoms with van der Waals surface area (Å²) >= 11 is 0. The molecule has 6 N–H and O–H groups in total. The first-order valence-corrected chi connectivity index (χ1v) is 15.4. The molecule has 0 bridgehead atoms. The summed E-state index contributed by atoms with van der Waals surface area (Å²) in [7, 11) is 3.33. The van der Waals surface area contributed by atoms with Gasteiger partial charge in [0.2, 0.25) is 0 Å². The van der Waals surface area contributed by atoms with Crippen molar-refractivity contribution in [2.75, 3.05) is 52.3 Å². The molecule has 1 fully saturated rings. The summed E-state index contributed by atoms with van der Waals surface area (Å²) in [4.78, 5) is 18.2. The molecule has 9 nitrogen and oxygen atoms in total. The first-order chi connectivity index (χ1) is 21.8. The molecule has 45 heavy (non-hydrogen) atoms. The number of nitrogens with one attached hydrogen (secondary N) is 2. The fourth-order valence-corrected chi connectivity index (χ4v) is 6.09. The minimum Gasteiger partial charge on any atom is -0.496 e. The van der Waals surface area contributed by atoms with E-state index in [0.717, 1.165) is 67.3 Å². The number of nitrogens with two attached hydrogens (primary N) is 2. The normalized spacial score (nSPS) is 14.5. The van der Waals surface area contributed by atoms with Crippen molar-refractivity contribution in [2.45, 2.75) is 26.2 Å². The van der Waals surface area contributed by atoms with Gasteiger partial charge in [-0.2, -0.15) is 0 Å². The number of aromatic amines is 1. The Morgan fingerprint density at radius 3 is 2.42 bits per heavy atom. The number of halogens is 1. The topological polar surface area (TPSA) is 122 Å². The second-order valence-electron chi connectivity index (χ2n) is 11.4. The third kappa shape index (κ3) is 7.41. The van der Waals surface area contributed by atoms with E-state index in [2.05, 4.69) is 39.5 Å². The number of H-pyrrole nitrogens is 1. The van der Waals surface area contributed by atoms with E-state index in [-0.39, 0.29) is 11.6 Å². The molecule has 1 aliphatic heterocycles. The Morgan fingerprint density at radius 2 is 1.78 bits per heavy atom. The molecule has 1 saturated heterocycles. The van der Waals surface area contributed by atoms with Gasteiger partial charge in [-0.05, 0) is 79.9 Å². The van der Waals surface area contributed by atoms with Crippen LogP contribution in [-0.2, 0) is 0 Å². The van der Waals surface area contributed by atoms with Crippen LogP contribution in [0.5, 0.6) is 11.5 Å². The molecule has 1 aromatic heterocycles.